The number of rotatable bonds is 5. The summed E-state index contributed by atoms with van der Waals surface area (Å²) >= 11 is 1.68. The largest absolute Gasteiger partial charge is 0.493 e. The summed E-state index contributed by atoms with van der Waals surface area (Å²) in [6.07, 6.45) is 4.70. The third-order valence-electron chi connectivity index (χ3n) is 8.62. The molecular formula is C30H35N3O4S. The van der Waals surface area contributed by atoms with Gasteiger partial charge in [0.25, 0.3) is 5.91 Å². The Kier molecular flexibility index (Phi) is 6.46. The molecule has 1 aliphatic carbocycles. The molecule has 6 rings (SSSR count). The van der Waals surface area contributed by atoms with Crippen molar-refractivity contribution in [2.45, 2.75) is 45.6 Å². The number of amides is 2. The predicted molar refractivity (Wildman–Crippen MR) is 149 cm³/mol. The maximum Gasteiger partial charge on any atom is 0.270 e. The van der Waals surface area contributed by atoms with Crippen molar-refractivity contribution < 1.29 is 19.1 Å². The molecule has 2 aromatic heterocycles. The standard InChI is InChI=1S/C30H35N3O4S/c1-30(9-5-10-30)29(35)32-12-6-11-31(14-15-32)28(34)23-18-22(26-7-4-16-38-26)27-21-19-25(37-3)24(36-2)17-20(21)8-13-33(23)27/h4,7,16-19H,5-6,8-15H2,1-3H3. The zero-order valence-electron chi connectivity index (χ0n) is 22.4. The normalized spacial score (nSPS) is 18.2. The monoisotopic (exact) mass is 533 g/mol. The molecule has 0 bridgehead atoms. The first-order valence-electron chi connectivity index (χ1n) is 13.5. The van der Waals surface area contributed by atoms with E-state index in [1.807, 2.05) is 21.9 Å². The Morgan fingerprint density at radius 2 is 1.63 bits per heavy atom. The van der Waals surface area contributed by atoms with E-state index in [0.29, 0.717) is 25.4 Å². The van der Waals surface area contributed by atoms with Crippen LogP contribution in [0.5, 0.6) is 11.5 Å². The number of methoxy groups -OCH3 is 2. The molecule has 2 fully saturated rings. The second kappa shape index (κ2) is 9.80. The minimum Gasteiger partial charge on any atom is -0.493 e. The van der Waals surface area contributed by atoms with Gasteiger partial charge in [0, 0.05) is 54.1 Å². The number of aryl methyl sites for hydroxylation is 1. The van der Waals surface area contributed by atoms with Gasteiger partial charge in [0.15, 0.2) is 11.5 Å². The second-order valence-corrected chi connectivity index (χ2v) is 11.8. The van der Waals surface area contributed by atoms with E-state index in [-0.39, 0.29) is 17.2 Å². The van der Waals surface area contributed by atoms with Crippen molar-refractivity contribution in [1.29, 1.82) is 0 Å². The smallest absolute Gasteiger partial charge is 0.270 e. The first-order valence-corrected chi connectivity index (χ1v) is 14.4. The zero-order chi connectivity index (χ0) is 26.4. The van der Waals surface area contributed by atoms with E-state index in [0.717, 1.165) is 78.3 Å². The molecule has 0 radical (unpaired) electrons. The summed E-state index contributed by atoms with van der Waals surface area (Å²) in [6.45, 7) is 5.37. The fourth-order valence-electron chi connectivity index (χ4n) is 6.24. The number of carbonyl (C=O) groups is 2. The van der Waals surface area contributed by atoms with Gasteiger partial charge in [-0.3, -0.25) is 9.59 Å². The average Bonchev–Trinajstić information content (AvgIpc) is 3.52. The van der Waals surface area contributed by atoms with Crippen LogP contribution in [0.1, 0.15) is 48.7 Å². The molecular weight excluding hydrogens is 498 g/mol. The number of benzene rings is 1. The molecule has 0 unspecified atom stereocenters. The maximum absolute atomic E-state index is 14.0. The van der Waals surface area contributed by atoms with E-state index >= 15 is 0 Å². The van der Waals surface area contributed by atoms with Gasteiger partial charge < -0.3 is 23.8 Å². The molecule has 1 saturated carbocycles. The van der Waals surface area contributed by atoms with Gasteiger partial charge in [0.2, 0.25) is 5.91 Å². The van der Waals surface area contributed by atoms with Gasteiger partial charge in [0.05, 0.1) is 19.9 Å². The van der Waals surface area contributed by atoms with E-state index < -0.39 is 0 Å². The molecule has 1 saturated heterocycles. The van der Waals surface area contributed by atoms with Crippen molar-refractivity contribution in [1.82, 2.24) is 14.4 Å². The lowest BCUT2D eigenvalue weighted by Crippen LogP contribution is -2.47. The van der Waals surface area contributed by atoms with Gasteiger partial charge in [-0.15, -0.1) is 11.3 Å². The Hall–Kier alpha value is -3.26. The summed E-state index contributed by atoms with van der Waals surface area (Å²) in [5.74, 6) is 1.71. The molecule has 4 heterocycles. The highest BCUT2D eigenvalue weighted by Gasteiger charge is 2.42. The molecule has 38 heavy (non-hydrogen) atoms. The molecule has 8 heteroatoms. The number of hydrogen-bond donors (Lipinski definition) is 0. The summed E-state index contributed by atoms with van der Waals surface area (Å²) in [6, 6.07) is 10.3. The number of thiophene rings is 1. The topological polar surface area (TPSA) is 64.0 Å². The number of nitrogens with zero attached hydrogens (tertiary/aromatic N) is 3. The van der Waals surface area contributed by atoms with Crippen LogP contribution in [0.15, 0.2) is 35.7 Å². The molecule has 3 aliphatic rings. The van der Waals surface area contributed by atoms with E-state index in [1.165, 1.54) is 5.56 Å². The minimum atomic E-state index is -0.202. The maximum atomic E-state index is 14.0. The van der Waals surface area contributed by atoms with E-state index in [9.17, 15) is 9.59 Å². The summed E-state index contributed by atoms with van der Waals surface area (Å²) in [5, 5.41) is 2.07. The van der Waals surface area contributed by atoms with Crippen molar-refractivity contribution in [3.8, 4) is 33.2 Å². The third kappa shape index (κ3) is 4.10. The quantitative estimate of drug-likeness (QED) is 0.445. The molecule has 7 nitrogen and oxygen atoms in total. The first kappa shape index (κ1) is 25.0. The fraction of sp³-hybridized carbons (Fsp3) is 0.467. The number of aromatic nitrogens is 1. The first-order chi connectivity index (χ1) is 18.4. The van der Waals surface area contributed by atoms with Crippen molar-refractivity contribution in [3.63, 3.8) is 0 Å². The van der Waals surface area contributed by atoms with Gasteiger partial charge in [-0.25, -0.2) is 0 Å². The second-order valence-electron chi connectivity index (χ2n) is 10.9. The van der Waals surface area contributed by atoms with Crippen LogP contribution < -0.4 is 9.47 Å². The van der Waals surface area contributed by atoms with Gasteiger partial charge >= 0.3 is 0 Å². The number of hydrogen-bond acceptors (Lipinski definition) is 5. The summed E-state index contributed by atoms with van der Waals surface area (Å²) in [7, 11) is 3.31. The SMILES string of the molecule is COc1cc2c(cc1OC)-c1c(-c3cccs3)cc(C(=O)N3CCCN(C(=O)C4(C)CCC4)CC3)n1CC2. The Labute approximate surface area is 227 Å². The summed E-state index contributed by atoms with van der Waals surface area (Å²) in [4.78, 5) is 32.3. The molecule has 2 amide bonds. The molecule has 200 valence electrons. The summed E-state index contributed by atoms with van der Waals surface area (Å²) < 4.78 is 13.4. The Balaban J connectivity index is 1.34. The number of ether oxygens (including phenoxy) is 2. The van der Waals surface area contributed by atoms with Crippen molar-refractivity contribution in [2.24, 2.45) is 5.41 Å². The zero-order valence-corrected chi connectivity index (χ0v) is 23.2. The molecule has 0 N–H and O–H groups in total. The Morgan fingerprint density at radius 1 is 0.895 bits per heavy atom. The Bertz CT molecular complexity index is 1370. The van der Waals surface area contributed by atoms with Crippen LogP contribution in [0.4, 0.5) is 0 Å². The minimum absolute atomic E-state index is 0.0436. The van der Waals surface area contributed by atoms with Gasteiger partial charge in [0.1, 0.15) is 5.69 Å². The lowest BCUT2D eigenvalue weighted by atomic mass is 9.69. The highest BCUT2D eigenvalue weighted by molar-refractivity contribution is 7.13. The van der Waals surface area contributed by atoms with E-state index in [4.69, 9.17) is 9.47 Å². The van der Waals surface area contributed by atoms with Crippen molar-refractivity contribution >= 4 is 23.2 Å². The van der Waals surface area contributed by atoms with Gasteiger partial charge in [-0.05, 0) is 60.9 Å². The van der Waals surface area contributed by atoms with Crippen LogP contribution in [0.25, 0.3) is 21.7 Å². The third-order valence-corrected chi connectivity index (χ3v) is 9.52. The fourth-order valence-corrected chi connectivity index (χ4v) is 6.98. The van der Waals surface area contributed by atoms with Gasteiger partial charge in [-0.2, -0.15) is 0 Å². The number of fused-ring (bicyclic) bond motifs is 3. The van der Waals surface area contributed by atoms with E-state index in [2.05, 4.69) is 35.1 Å². The van der Waals surface area contributed by atoms with Crippen LogP contribution in [-0.2, 0) is 17.8 Å². The molecule has 0 spiro atoms. The highest BCUT2D eigenvalue weighted by atomic mass is 32.1. The van der Waals surface area contributed by atoms with Crippen molar-refractivity contribution in [3.05, 3.63) is 47.0 Å². The highest BCUT2D eigenvalue weighted by Crippen LogP contribution is 2.45. The lowest BCUT2D eigenvalue weighted by Gasteiger charge is -2.40. The van der Waals surface area contributed by atoms with Crippen LogP contribution in [0, 0.1) is 5.41 Å². The van der Waals surface area contributed by atoms with Crippen LogP contribution in [0.2, 0.25) is 0 Å². The van der Waals surface area contributed by atoms with Crippen molar-refractivity contribution in [2.75, 3.05) is 40.4 Å². The van der Waals surface area contributed by atoms with E-state index in [1.54, 1.807) is 25.6 Å². The van der Waals surface area contributed by atoms with Gasteiger partial charge in [-0.1, -0.05) is 19.4 Å². The lowest BCUT2D eigenvalue weighted by molar-refractivity contribution is -0.145. The molecule has 0 atom stereocenters. The average molecular weight is 534 g/mol. The van der Waals surface area contributed by atoms with Crippen LogP contribution in [-0.4, -0.2) is 66.6 Å². The molecule has 1 aromatic carbocycles. The molecule has 2 aliphatic heterocycles. The Morgan fingerprint density at radius 3 is 2.32 bits per heavy atom. The summed E-state index contributed by atoms with van der Waals surface area (Å²) in [5.41, 5.74) is 4.92. The van der Waals surface area contributed by atoms with Crippen LogP contribution >= 0.6 is 11.3 Å². The number of carbonyl (C=O) groups excluding carboxylic acids is 2. The van der Waals surface area contributed by atoms with Crippen LogP contribution in [0.3, 0.4) is 0 Å². The molecule has 3 aromatic rings. The predicted octanol–water partition coefficient (Wildman–Crippen LogP) is 5.32.